The summed E-state index contributed by atoms with van der Waals surface area (Å²) in [5, 5.41) is 14.0. The van der Waals surface area contributed by atoms with Gasteiger partial charge in [0.2, 0.25) is 0 Å². The fourth-order valence-electron chi connectivity index (χ4n) is 5.75. The Hall–Kier alpha value is -3.89. The molecule has 8 nitrogen and oxygen atoms in total. The van der Waals surface area contributed by atoms with E-state index in [-0.39, 0.29) is 40.2 Å². The van der Waals surface area contributed by atoms with Crippen molar-refractivity contribution in [2.75, 3.05) is 11.4 Å². The van der Waals surface area contributed by atoms with Crippen LogP contribution in [0.5, 0.6) is 0 Å². The Bertz CT molecular complexity index is 1430. The minimum atomic E-state index is -0.608. The summed E-state index contributed by atoms with van der Waals surface area (Å²) in [4.78, 5) is 19.2. The zero-order valence-electron chi connectivity index (χ0n) is 20.0. The predicted octanol–water partition coefficient (Wildman–Crippen LogP) is 4.67. The van der Waals surface area contributed by atoms with Gasteiger partial charge in [0, 0.05) is 30.3 Å². The van der Waals surface area contributed by atoms with Crippen LogP contribution in [0.3, 0.4) is 0 Å². The predicted molar refractivity (Wildman–Crippen MR) is 130 cm³/mol. The molecule has 2 aliphatic rings. The molecular weight excluding hydrogens is 483 g/mol. The molecule has 0 unspecified atom stereocenters. The number of carbonyl (C=O) groups excluding carboxylic acids is 1. The van der Waals surface area contributed by atoms with Gasteiger partial charge >= 0.3 is 0 Å². The van der Waals surface area contributed by atoms with E-state index in [1.165, 1.54) is 23.1 Å². The van der Waals surface area contributed by atoms with Crippen LogP contribution in [0.25, 0.3) is 5.52 Å². The van der Waals surface area contributed by atoms with Crippen molar-refractivity contribution >= 4 is 17.1 Å². The van der Waals surface area contributed by atoms with Crippen LogP contribution in [0.4, 0.5) is 18.9 Å². The van der Waals surface area contributed by atoms with Crippen molar-refractivity contribution in [1.29, 1.82) is 0 Å². The molecule has 1 aliphatic carbocycles. The van der Waals surface area contributed by atoms with Crippen LogP contribution in [0.1, 0.15) is 72.2 Å². The topological polar surface area (TPSA) is 91.2 Å². The van der Waals surface area contributed by atoms with Crippen LogP contribution in [-0.4, -0.2) is 43.3 Å². The first-order chi connectivity index (χ1) is 18.0. The van der Waals surface area contributed by atoms with Gasteiger partial charge in [0.15, 0.2) is 5.82 Å². The summed E-state index contributed by atoms with van der Waals surface area (Å²) >= 11 is 0. The molecule has 4 aromatic rings. The SMILES string of the molecule is O=C(NC1CCC(c2ncn[nH]2)CC1)c1cnn2ccc(N3CCC[C@@H]3c3cc(F)ccc3F)c(F)c12. The average Bonchev–Trinajstić information content (AvgIpc) is 3.67. The lowest BCUT2D eigenvalue weighted by molar-refractivity contribution is 0.0927. The Kier molecular flexibility index (Phi) is 6.05. The van der Waals surface area contributed by atoms with Crippen molar-refractivity contribution in [2.24, 2.45) is 0 Å². The number of hydrogen-bond acceptors (Lipinski definition) is 5. The monoisotopic (exact) mass is 509 g/mol. The molecule has 0 spiro atoms. The van der Waals surface area contributed by atoms with Gasteiger partial charge in [0.25, 0.3) is 5.91 Å². The zero-order valence-corrected chi connectivity index (χ0v) is 20.0. The lowest BCUT2D eigenvalue weighted by Crippen LogP contribution is -2.37. The molecule has 1 aliphatic heterocycles. The largest absolute Gasteiger partial charge is 0.362 e. The van der Waals surface area contributed by atoms with E-state index in [2.05, 4.69) is 25.6 Å². The Labute approximate surface area is 210 Å². The number of aromatic amines is 1. The number of nitrogens with one attached hydrogen (secondary N) is 2. The highest BCUT2D eigenvalue weighted by atomic mass is 19.1. The number of carbonyl (C=O) groups is 1. The third-order valence-corrected chi connectivity index (χ3v) is 7.61. The Morgan fingerprint density at radius 1 is 1.08 bits per heavy atom. The standard InChI is InChI=1S/C26H26F3N7O/c27-16-5-8-20(28)18(12-16)21-2-1-10-35(21)22-9-11-36-24(23(22)29)19(13-32-36)26(37)33-17-6-3-15(4-7-17)25-30-14-31-34-25/h5,8-9,11-15,17,21H,1-4,6-7,10H2,(H,33,37)(H,30,31,34)/t15?,17?,21-/m1/s1. The summed E-state index contributed by atoms with van der Waals surface area (Å²) in [6.45, 7) is 0.484. The number of aromatic nitrogens is 5. The molecule has 11 heteroatoms. The third kappa shape index (κ3) is 4.32. The molecule has 2 fully saturated rings. The number of anilines is 1. The lowest BCUT2D eigenvalue weighted by Gasteiger charge is -2.28. The van der Waals surface area contributed by atoms with Crippen LogP contribution in [-0.2, 0) is 0 Å². The quantitative estimate of drug-likeness (QED) is 0.408. The van der Waals surface area contributed by atoms with E-state index in [0.29, 0.717) is 19.4 Å². The van der Waals surface area contributed by atoms with Crippen molar-refractivity contribution in [3.05, 3.63) is 77.4 Å². The highest BCUT2D eigenvalue weighted by Gasteiger charge is 2.32. The molecule has 1 aromatic carbocycles. The van der Waals surface area contributed by atoms with Gasteiger partial charge in [-0.1, -0.05) is 0 Å². The number of nitrogens with zero attached hydrogens (tertiary/aromatic N) is 5. The third-order valence-electron chi connectivity index (χ3n) is 7.61. The van der Waals surface area contributed by atoms with E-state index < -0.39 is 23.5 Å². The van der Waals surface area contributed by atoms with Crippen LogP contribution in [0.15, 0.2) is 43.0 Å². The highest BCUT2D eigenvalue weighted by molar-refractivity contribution is 6.01. The van der Waals surface area contributed by atoms with Gasteiger partial charge in [0.05, 0.1) is 23.5 Å². The van der Waals surface area contributed by atoms with Crippen molar-refractivity contribution in [3.8, 4) is 0 Å². The fraction of sp³-hybridized carbons (Fsp3) is 0.385. The van der Waals surface area contributed by atoms with E-state index in [9.17, 15) is 13.6 Å². The van der Waals surface area contributed by atoms with Gasteiger partial charge in [-0.15, -0.1) is 0 Å². The van der Waals surface area contributed by atoms with Gasteiger partial charge in [-0.25, -0.2) is 22.7 Å². The number of pyridine rings is 1. The van der Waals surface area contributed by atoms with Gasteiger partial charge in [-0.3, -0.25) is 9.89 Å². The molecule has 6 rings (SSSR count). The lowest BCUT2D eigenvalue weighted by atomic mass is 9.85. The summed E-state index contributed by atoms with van der Waals surface area (Å²) in [7, 11) is 0. The van der Waals surface area contributed by atoms with E-state index in [0.717, 1.165) is 43.6 Å². The number of benzene rings is 1. The second kappa shape index (κ2) is 9.53. The smallest absolute Gasteiger partial charge is 0.255 e. The van der Waals surface area contributed by atoms with Gasteiger partial charge < -0.3 is 10.2 Å². The average molecular weight is 510 g/mol. The maximum absolute atomic E-state index is 16.0. The maximum Gasteiger partial charge on any atom is 0.255 e. The molecule has 37 heavy (non-hydrogen) atoms. The summed E-state index contributed by atoms with van der Waals surface area (Å²) in [6, 6.07) is 4.36. The number of hydrogen-bond donors (Lipinski definition) is 2. The van der Waals surface area contributed by atoms with Gasteiger partial charge in [0.1, 0.15) is 29.3 Å². The van der Waals surface area contributed by atoms with Crippen LogP contribution in [0.2, 0.25) is 0 Å². The van der Waals surface area contributed by atoms with Crippen molar-refractivity contribution < 1.29 is 18.0 Å². The number of H-pyrrole nitrogens is 1. The van der Waals surface area contributed by atoms with E-state index in [4.69, 9.17) is 0 Å². The number of halogens is 3. The summed E-state index contributed by atoms with van der Waals surface area (Å²) in [5.74, 6) is -0.915. The minimum absolute atomic E-state index is 0.0354. The number of amides is 1. The second-order valence-corrected chi connectivity index (χ2v) is 9.78. The highest BCUT2D eigenvalue weighted by Crippen LogP contribution is 2.39. The number of rotatable bonds is 5. The van der Waals surface area contributed by atoms with Crippen molar-refractivity contribution in [2.45, 2.75) is 56.5 Å². The van der Waals surface area contributed by atoms with Gasteiger partial charge in [-0.2, -0.15) is 10.2 Å². The van der Waals surface area contributed by atoms with Crippen LogP contribution >= 0.6 is 0 Å². The van der Waals surface area contributed by atoms with Gasteiger partial charge in [-0.05, 0) is 62.8 Å². The van der Waals surface area contributed by atoms with Crippen molar-refractivity contribution in [3.63, 3.8) is 0 Å². The molecule has 1 saturated heterocycles. The first kappa shape index (κ1) is 23.5. The zero-order chi connectivity index (χ0) is 25.5. The molecule has 4 heterocycles. The first-order valence-electron chi connectivity index (χ1n) is 12.5. The maximum atomic E-state index is 16.0. The summed E-state index contributed by atoms with van der Waals surface area (Å²) in [5.41, 5.74) is 0.644. The summed E-state index contributed by atoms with van der Waals surface area (Å²) < 4.78 is 45.7. The molecule has 2 N–H and O–H groups in total. The summed E-state index contributed by atoms with van der Waals surface area (Å²) in [6.07, 6.45) is 8.99. The van der Waals surface area contributed by atoms with E-state index >= 15 is 4.39 Å². The molecular formula is C26H26F3N7O. The molecule has 3 aromatic heterocycles. The van der Waals surface area contributed by atoms with E-state index in [1.807, 2.05) is 0 Å². The Balaban J connectivity index is 1.24. The Morgan fingerprint density at radius 3 is 2.70 bits per heavy atom. The van der Waals surface area contributed by atoms with Crippen LogP contribution in [0, 0.1) is 17.5 Å². The Morgan fingerprint density at radius 2 is 1.92 bits per heavy atom. The van der Waals surface area contributed by atoms with Crippen LogP contribution < -0.4 is 10.2 Å². The molecule has 192 valence electrons. The molecule has 0 bridgehead atoms. The molecule has 0 radical (unpaired) electrons. The van der Waals surface area contributed by atoms with E-state index in [1.54, 1.807) is 17.2 Å². The first-order valence-corrected chi connectivity index (χ1v) is 12.5. The molecule has 1 saturated carbocycles. The van der Waals surface area contributed by atoms with Crippen molar-refractivity contribution in [1.82, 2.24) is 30.1 Å². The second-order valence-electron chi connectivity index (χ2n) is 9.78. The molecule has 1 atom stereocenters. The normalized spacial score (nSPS) is 22.0. The minimum Gasteiger partial charge on any atom is -0.362 e. The fourth-order valence-corrected chi connectivity index (χ4v) is 5.75. The number of fused-ring (bicyclic) bond motifs is 1. The molecule has 1 amide bonds.